The molecule has 21 heteroatoms. The van der Waals surface area contributed by atoms with E-state index in [1.807, 2.05) is 113 Å². The van der Waals surface area contributed by atoms with Gasteiger partial charge in [-0.25, -0.2) is 4.79 Å². The Morgan fingerprint density at radius 1 is 0.618 bits per heavy atom. The van der Waals surface area contributed by atoms with Crippen molar-refractivity contribution in [3.05, 3.63) is 161 Å². The molecule has 1 aliphatic rings. The third-order valence-electron chi connectivity index (χ3n) is 17.8. The van der Waals surface area contributed by atoms with E-state index in [-0.39, 0.29) is 79.2 Å². The summed E-state index contributed by atoms with van der Waals surface area (Å²) in [5.74, 6) is -0.266. The van der Waals surface area contributed by atoms with Gasteiger partial charge in [-0.1, -0.05) is 150 Å². The smallest absolute Gasteiger partial charge is 0.312 e. The number of carbonyl (C=O) groups excluding carboxylic acids is 7. The first-order chi connectivity index (χ1) is 49.5. The first kappa shape index (κ1) is 80.2. The minimum absolute atomic E-state index is 0.00357. The highest BCUT2D eigenvalue weighted by atomic mass is 16.6. The number of nitrogens with two attached hydrogens (primary N) is 1. The summed E-state index contributed by atoms with van der Waals surface area (Å²) in [7, 11) is 0. The fourth-order valence-electron chi connectivity index (χ4n) is 12.3. The molecular formula is C81H106N10O11. The lowest BCUT2D eigenvalue weighted by molar-refractivity contribution is -0.131. The number of aromatic amines is 1. The van der Waals surface area contributed by atoms with E-state index in [0.717, 1.165) is 100.0 Å². The quantitative estimate of drug-likeness (QED) is 0.0259. The molecule has 0 bridgehead atoms. The largest absolute Gasteiger partial charge is 0.379 e. The third kappa shape index (κ3) is 25.4. The van der Waals surface area contributed by atoms with Crippen molar-refractivity contribution in [1.29, 1.82) is 0 Å². The summed E-state index contributed by atoms with van der Waals surface area (Å²) >= 11 is 0. The molecule has 5 N–H and O–H groups in total. The number of nitrogens with zero attached hydrogens (tertiary/aromatic N) is 6. The number of aromatic nitrogens is 6. The van der Waals surface area contributed by atoms with Crippen LogP contribution in [0.1, 0.15) is 165 Å². The molecule has 546 valence electrons. The number of aryl methyl sites for hydroxylation is 4. The van der Waals surface area contributed by atoms with Gasteiger partial charge in [0.1, 0.15) is 40.0 Å². The minimum Gasteiger partial charge on any atom is -0.379 e. The summed E-state index contributed by atoms with van der Waals surface area (Å²) in [6.45, 7) is 20.3. The van der Waals surface area contributed by atoms with Crippen molar-refractivity contribution in [3.8, 4) is 22.5 Å². The van der Waals surface area contributed by atoms with Gasteiger partial charge in [0.2, 0.25) is 11.8 Å². The molecular weight excluding hydrogens is 1290 g/mol. The van der Waals surface area contributed by atoms with Crippen LogP contribution < -0.4 is 21.3 Å². The second-order valence-corrected chi connectivity index (χ2v) is 26.1. The van der Waals surface area contributed by atoms with Crippen LogP contribution in [0.25, 0.3) is 44.3 Å². The number of hydrogen-bond donors (Lipinski definition) is 4. The Labute approximate surface area is 601 Å². The molecule has 8 aromatic rings. The van der Waals surface area contributed by atoms with E-state index >= 15 is 0 Å². The second kappa shape index (κ2) is 43.0. The fraction of sp³-hybridized carbons (Fsp3) is 0.469. The zero-order valence-electron chi connectivity index (χ0n) is 61.1. The number of hydrogen-bond acceptors (Lipinski definition) is 15. The van der Waals surface area contributed by atoms with Gasteiger partial charge in [0.25, 0.3) is 0 Å². The fourth-order valence-corrected chi connectivity index (χ4v) is 12.3. The van der Waals surface area contributed by atoms with E-state index in [2.05, 4.69) is 87.0 Å². The summed E-state index contributed by atoms with van der Waals surface area (Å²) in [6.07, 6.45) is 8.94. The van der Waals surface area contributed by atoms with Crippen molar-refractivity contribution < 1.29 is 52.5 Å². The Balaban J connectivity index is 0.000000296. The molecule has 1 aliphatic heterocycles. The maximum atomic E-state index is 13.6. The first-order valence-electron chi connectivity index (χ1n) is 36.4. The number of primary amides is 1. The van der Waals surface area contributed by atoms with Gasteiger partial charge in [0, 0.05) is 111 Å². The van der Waals surface area contributed by atoms with Crippen LogP contribution in [-0.2, 0) is 86.5 Å². The van der Waals surface area contributed by atoms with Crippen molar-refractivity contribution in [3.63, 3.8) is 0 Å². The van der Waals surface area contributed by atoms with E-state index in [9.17, 15) is 33.6 Å². The number of carbonyl (C=O) groups is 7. The molecule has 0 aliphatic carbocycles. The van der Waals surface area contributed by atoms with Gasteiger partial charge in [-0.15, -0.1) is 0 Å². The van der Waals surface area contributed by atoms with Crippen LogP contribution in [0.2, 0.25) is 0 Å². The summed E-state index contributed by atoms with van der Waals surface area (Å²) in [5.41, 5.74) is 18.7. The van der Waals surface area contributed by atoms with Crippen LogP contribution in [0.5, 0.6) is 0 Å². The normalized spacial score (nSPS) is 12.2. The predicted octanol–water partition coefficient (Wildman–Crippen LogP) is 13.3. The molecule has 2 atom stereocenters. The van der Waals surface area contributed by atoms with E-state index in [0.29, 0.717) is 110 Å². The van der Waals surface area contributed by atoms with Crippen molar-refractivity contribution in [2.75, 3.05) is 64.3 Å². The number of anilines is 1. The van der Waals surface area contributed by atoms with Crippen molar-refractivity contribution >= 4 is 68.5 Å². The van der Waals surface area contributed by atoms with Crippen molar-refractivity contribution in [1.82, 2.24) is 40.8 Å². The molecule has 0 fully saturated rings. The molecule has 0 saturated carbocycles. The van der Waals surface area contributed by atoms with Crippen LogP contribution in [0.3, 0.4) is 0 Å². The summed E-state index contributed by atoms with van der Waals surface area (Å²) in [6, 6.07) is 39.9. The highest BCUT2D eigenvalue weighted by Crippen LogP contribution is 2.40. The Hall–Kier alpha value is -9.15. The van der Waals surface area contributed by atoms with Gasteiger partial charge in [-0.05, 0) is 105 Å². The molecule has 0 unspecified atom stereocenters. The number of para-hydroxylation sites is 2. The standard InChI is InChI=1S/C43H61N7O9.C36H39N3O2.C2H6/c1-30(2)37(42(54)46-31(3)10-8-19-45-43(44)55)28-34(52)18-21-57-23-25-59-27-26-58-24-22-56-20-9-12-33(51)16-17-39(53)50-29-32-11-4-5-13-35(32)40-41(48-49-47-40)36-14-6-7-15-38(36)50;1-4-5-22-39-34(35-32-8-6-7-9-33(32)37-26(3)36(35)38-39)24-30-16-12-28(13-17-30)19-21-31(41)20-18-27-10-14-29(15-11-27)23-25(2)40;1-2/h4-7,11,13-15,30-31,37H,8-10,12,16-29H2,1-3H3,(H,46,54)(H3,44,45,55)(H,47,48,49);6-17H,4-5,18-24H2,1-3H3;1-2H3/t31-,37+;;/m1../s1. The van der Waals surface area contributed by atoms with E-state index < -0.39 is 11.9 Å². The Bertz CT molecular complexity index is 3980. The number of Topliss-reactive ketones (excluding diaryl/α,β-unsaturated/α-hetero) is 4. The van der Waals surface area contributed by atoms with Crippen LogP contribution in [0.15, 0.2) is 121 Å². The Kier molecular flexibility index (Phi) is 33.8. The molecule has 21 nitrogen and oxygen atoms in total. The number of amides is 4. The zero-order chi connectivity index (χ0) is 73.2. The lowest BCUT2D eigenvalue weighted by Crippen LogP contribution is -2.40. The minimum atomic E-state index is -0.571. The predicted molar refractivity (Wildman–Crippen MR) is 400 cm³/mol. The van der Waals surface area contributed by atoms with Gasteiger partial charge in [0.15, 0.2) is 0 Å². The highest BCUT2D eigenvalue weighted by molar-refractivity contribution is 6.07. The second-order valence-electron chi connectivity index (χ2n) is 26.1. The molecule has 9 rings (SSSR count). The average molecular weight is 1400 g/mol. The van der Waals surface area contributed by atoms with Gasteiger partial charge < -0.3 is 40.2 Å². The van der Waals surface area contributed by atoms with Gasteiger partial charge >= 0.3 is 6.03 Å². The molecule has 5 aromatic carbocycles. The number of rotatable bonds is 41. The molecule has 0 radical (unpaired) electrons. The van der Waals surface area contributed by atoms with E-state index in [1.54, 1.807) is 11.8 Å². The average Bonchev–Trinajstić information content (AvgIpc) is 1.56. The molecule has 4 heterocycles. The van der Waals surface area contributed by atoms with Crippen molar-refractivity contribution in [2.45, 2.75) is 177 Å². The summed E-state index contributed by atoms with van der Waals surface area (Å²) in [5, 5.41) is 24.4. The summed E-state index contributed by atoms with van der Waals surface area (Å²) in [4.78, 5) is 92.9. The lowest BCUT2D eigenvalue weighted by Gasteiger charge is -2.28. The van der Waals surface area contributed by atoms with E-state index in [1.165, 1.54) is 22.2 Å². The van der Waals surface area contributed by atoms with E-state index in [4.69, 9.17) is 34.8 Å². The SMILES string of the molecule is CC.CC(C)[C@H](CC(=O)CCOCCOCCOCCOCCCC(=O)CCC(=O)N1Cc2ccccc2-c2n[nH]nc2-c2ccccc21)C(=O)N[C@H](C)CCCNC(N)=O.CCCCn1nc2c(C)nc3ccccc3c2c1Cc1ccc(CCC(=O)CCc2ccc(CC(C)=O)cc2)cc1. The maximum Gasteiger partial charge on any atom is 0.312 e. The summed E-state index contributed by atoms with van der Waals surface area (Å²) < 4.78 is 24.4. The molecule has 3 aromatic heterocycles. The van der Waals surface area contributed by atoms with Crippen LogP contribution in [0.4, 0.5) is 10.5 Å². The number of ether oxygens (including phenoxy) is 4. The highest BCUT2D eigenvalue weighted by Gasteiger charge is 2.29. The van der Waals surface area contributed by atoms with Gasteiger partial charge in [-0.2, -0.15) is 20.5 Å². The molecule has 102 heavy (non-hydrogen) atoms. The number of fused-ring (bicyclic) bond motifs is 8. The third-order valence-corrected chi connectivity index (χ3v) is 17.8. The topological polar surface area (TPSA) is 282 Å². The lowest BCUT2D eigenvalue weighted by atomic mass is 9.89. The van der Waals surface area contributed by atoms with Gasteiger partial charge in [0.05, 0.1) is 75.4 Å². The Morgan fingerprint density at radius 2 is 1.20 bits per heavy atom. The number of nitrogens with one attached hydrogen (secondary N) is 3. The number of ketones is 4. The number of unbranched alkanes of at least 4 members (excludes halogenated alkanes) is 1. The molecule has 0 spiro atoms. The first-order valence-corrected chi connectivity index (χ1v) is 36.4. The van der Waals surface area contributed by atoms with Crippen molar-refractivity contribution in [2.24, 2.45) is 17.6 Å². The number of pyridine rings is 1. The molecule has 4 amide bonds. The molecule has 0 saturated heterocycles. The Morgan fingerprint density at radius 3 is 1.84 bits per heavy atom. The maximum absolute atomic E-state index is 13.6. The van der Waals surface area contributed by atoms with Crippen LogP contribution in [0, 0.1) is 18.8 Å². The number of urea groups is 1. The van der Waals surface area contributed by atoms with Crippen LogP contribution in [-0.4, -0.2) is 137 Å². The zero-order valence-corrected chi connectivity index (χ0v) is 61.1. The van der Waals surface area contributed by atoms with Gasteiger partial charge in [-0.3, -0.25) is 38.4 Å². The van der Waals surface area contributed by atoms with Crippen LogP contribution >= 0.6 is 0 Å². The monoisotopic (exact) mass is 1390 g/mol. The number of benzene rings is 5. The number of H-pyrrole nitrogens is 1.